The molecule has 0 aromatic heterocycles. The Kier molecular flexibility index (Phi) is 5.36. The zero-order valence-electron chi connectivity index (χ0n) is 9.00. The van der Waals surface area contributed by atoms with Gasteiger partial charge in [-0.25, -0.2) is 4.39 Å². The lowest BCUT2D eigenvalue weighted by Crippen LogP contribution is -2.35. The molecule has 1 amide bonds. The topological polar surface area (TPSA) is 41.1 Å². The molecular formula is C11H13BrClFN2O. The van der Waals surface area contributed by atoms with E-state index in [1.54, 1.807) is 12.1 Å². The summed E-state index contributed by atoms with van der Waals surface area (Å²) in [6, 6.07) is 4.40. The third-order valence-corrected chi connectivity index (χ3v) is 3.21. The Morgan fingerprint density at radius 3 is 2.88 bits per heavy atom. The van der Waals surface area contributed by atoms with Crippen molar-refractivity contribution in [3.63, 3.8) is 0 Å². The van der Waals surface area contributed by atoms with Crippen molar-refractivity contribution in [2.24, 2.45) is 0 Å². The number of hydrogen-bond acceptors (Lipinski definition) is 2. The first-order chi connectivity index (χ1) is 7.66. The molecule has 3 nitrogen and oxygen atoms in total. The van der Waals surface area contributed by atoms with Crippen LogP contribution in [0.25, 0.3) is 0 Å². The predicted molar refractivity (Wildman–Crippen MR) is 71.0 cm³/mol. The summed E-state index contributed by atoms with van der Waals surface area (Å²) in [6.45, 7) is 0.868. The van der Waals surface area contributed by atoms with Crippen molar-refractivity contribution in [3.05, 3.63) is 28.5 Å². The summed E-state index contributed by atoms with van der Waals surface area (Å²) in [5.41, 5.74) is 0.486. The summed E-state index contributed by atoms with van der Waals surface area (Å²) in [6.07, 6.45) is 1.84. The fourth-order valence-corrected chi connectivity index (χ4v) is 1.96. The minimum Gasteiger partial charge on any atom is -0.325 e. The summed E-state index contributed by atoms with van der Waals surface area (Å²) in [5, 5.41) is 5.78. The molecule has 2 rings (SSSR count). The normalized spacial score (nSPS) is 18.6. The molecule has 1 aromatic rings. The lowest BCUT2D eigenvalue weighted by Gasteiger charge is -2.11. The largest absolute Gasteiger partial charge is 0.325 e. The van der Waals surface area contributed by atoms with E-state index in [1.165, 1.54) is 6.07 Å². The number of anilines is 1. The Labute approximate surface area is 114 Å². The standard InChI is InChI=1S/C11H12BrFN2O.ClH/c12-8-4-3-7(6-9(8)13)15-11(16)10-2-1-5-14-10;/h3-4,6,10,14H,1-2,5H2,(H,15,16);1H. The van der Waals surface area contributed by atoms with Gasteiger partial charge in [0.1, 0.15) is 5.82 Å². The molecule has 0 spiro atoms. The smallest absolute Gasteiger partial charge is 0.241 e. The second kappa shape index (κ2) is 6.33. The van der Waals surface area contributed by atoms with Crippen molar-refractivity contribution in [1.29, 1.82) is 0 Å². The minimum atomic E-state index is -0.378. The zero-order chi connectivity index (χ0) is 11.5. The summed E-state index contributed by atoms with van der Waals surface area (Å²) < 4.78 is 13.6. The van der Waals surface area contributed by atoms with E-state index in [9.17, 15) is 9.18 Å². The van der Waals surface area contributed by atoms with E-state index in [0.717, 1.165) is 19.4 Å². The Morgan fingerprint density at radius 1 is 1.53 bits per heavy atom. The third-order valence-electron chi connectivity index (χ3n) is 2.56. The minimum absolute atomic E-state index is 0. The lowest BCUT2D eigenvalue weighted by molar-refractivity contribution is -0.117. The van der Waals surface area contributed by atoms with Crippen molar-refractivity contribution in [1.82, 2.24) is 5.32 Å². The fourth-order valence-electron chi connectivity index (χ4n) is 1.71. The van der Waals surface area contributed by atoms with E-state index in [4.69, 9.17) is 0 Å². The van der Waals surface area contributed by atoms with E-state index < -0.39 is 0 Å². The average molecular weight is 324 g/mol. The molecular weight excluding hydrogens is 310 g/mol. The molecule has 1 fully saturated rings. The van der Waals surface area contributed by atoms with Crippen LogP contribution in [-0.2, 0) is 4.79 Å². The number of carbonyl (C=O) groups excluding carboxylic acids is 1. The fraction of sp³-hybridized carbons (Fsp3) is 0.364. The van der Waals surface area contributed by atoms with Crippen LogP contribution in [0.4, 0.5) is 10.1 Å². The Balaban J connectivity index is 0.00000144. The van der Waals surface area contributed by atoms with Gasteiger partial charge in [-0.15, -0.1) is 12.4 Å². The molecule has 1 aliphatic rings. The highest BCUT2D eigenvalue weighted by Crippen LogP contribution is 2.19. The maximum atomic E-state index is 13.2. The van der Waals surface area contributed by atoms with Gasteiger partial charge in [-0.1, -0.05) is 0 Å². The van der Waals surface area contributed by atoms with Crippen LogP contribution in [0.1, 0.15) is 12.8 Å². The molecule has 0 bridgehead atoms. The molecule has 0 radical (unpaired) electrons. The van der Waals surface area contributed by atoms with Gasteiger partial charge < -0.3 is 10.6 Å². The van der Waals surface area contributed by atoms with Crippen molar-refractivity contribution in [2.45, 2.75) is 18.9 Å². The summed E-state index contributed by atoms with van der Waals surface area (Å²) >= 11 is 3.06. The number of amides is 1. The van der Waals surface area contributed by atoms with Gasteiger partial charge in [0, 0.05) is 5.69 Å². The van der Waals surface area contributed by atoms with Gasteiger partial charge in [0.05, 0.1) is 10.5 Å². The third kappa shape index (κ3) is 3.66. The molecule has 17 heavy (non-hydrogen) atoms. The van der Waals surface area contributed by atoms with Crippen LogP contribution in [0.5, 0.6) is 0 Å². The van der Waals surface area contributed by atoms with Gasteiger partial charge in [-0.2, -0.15) is 0 Å². The summed E-state index contributed by atoms with van der Waals surface area (Å²) in [7, 11) is 0. The quantitative estimate of drug-likeness (QED) is 0.878. The second-order valence-corrected chi connectivity index (χ2v) is 4.62. The van der Waals surface area contributed by atoms with Gasteiger partial charge in [-0.3, -0.25) is 4.79 Å². The van der Waals surface area contributed by atoms with Crippen LogP contribution in [0, 0.1) is 5.82 Å². The molecule has 1 aromatic carbocycles. The summed E-state index contributed by atoms with van der Waals surface area (Å²) in [5.74, 6) is -0.476. The second-order valence-electron chi connectivity index (χ2n) is 3.77. The van der Waals surface area contributed by atoms with Crippen LogP contribution in [0.3, 0.4) is 0 Å². The molecule has 1 unspecified atom stereocenters. The molecule has 1 atom stereocenters. The monoisotopic (exact) mass is 322 g/mol. The number of halogens is 3. The van der Waals surface area contributed by atoms with Crippen LogP contribution in [0.15, 0.2) is 22.7 Å². The molecule has 2 N–H and O–H groups in total. The van der Waals surface area contributed by atoms with E-state index >= 15 is 0 Å². The molecule has 1 aliphatic heterocycles. The number of benzene rings is 1. The van der Waals surface area contributed by atoms with Crippen molar-refractivity contribution in [2.75, 3.05) is 11.9 Å². The average Bonchev–Trinajstić information content (AvgIpc) is 2.77. The van der Waals surface area contributed by atoms with E-state index in [0.29, 0.717) is 10.2 Å². The lowest BCUT2D eigenvalue weighted by atomic mass is 10.2. The molecule has 1 heterocycles. The predicted octanol–water partition coefficient (Wildman–Crippen LogP) is 2.70. The Morgan fingerprint density at radius 2 is 2.29 bits per heavy atom. The van der Waals surface area contributed by atoms with Gasteiger partial charge in [0.25, 0.3) is 0 Å². The molecule has 0 aliphatic carbocycles. The first-order valence-electron chi connectivity index (χ1n) is 5.16. The molecule has 1 saturated heterocycles. The first kappa shape index (κ1) is 14.4. The van der Waals surface area contributed by atoms with E-state index in [-0.39, 0.29) is 30.2 Å². The van der Waals surface area contributed by atoms with Crippen molar-refractivity contribution >= 4 is 39.9 Å². The maximum absolute atomic E-state index is 13.2. The Hall–Kier alpha value is -0.650. The SMILES string of the molecule is Cl.O=C(Nc1ccc(Br)c(F)c1)C1CCCN1. The number of nitrogens with one attached hydrogen (secondary N) is 2. The van der Waals surface area contributed by atoms with E-state index in [1.807, 2.05) is 0 Å². The van der Waals surface area contributed by atoms with Gasteiger partial charge in [-0.05, 0) is 53.5 Å². The van der Waals surface area contributed by atoms with Crippen molar-refractivity contribution in [3.8, 4) is 0 Å². The van der Waals surface area contributed by atoms with Crippen LogP contribution >= 0.6 is 28.3 Å². The van der Waals surface area contributed by atoms with E-state index in [2.05, 4.69) is 26.6 Å². The number of rotatable bonds is 2. The van der Waals surface area contributed by atoms with Gasteiger partial charge >= 0.3 is 0 Å². The summed E-state index contributed by atoms with van der Waals surface area (Å²) in [4.78, 5) is 11.7. The number of hydrogen-bond donors (Lipinski definition) is 2. The molecule has 0 saturated carbocycles. The van der Waals surface area contributed by atoms with Gasteiger partial charge in [0.2, 0.25) is 5.91 Å². The maximum Gasteiger partial charge on any atom is 0.241 e. The van der Waals surface area contributed by atoms with Crippen LogP contribution in [-0.4, -0.2) is 18.5 Å². The highest BCUT2D eigenvalue weighted by Gasteiger charge is 2.21. The van der Waals surface area contributed by atoms with Crippen molar-refractivity contribution < 1.29 is 9.18 Å². The molecule has 6 heteroatoms. The zero-order valence-corrected chi connectivity index (χ0v) is 11.4. The first-order valence-corrected chi connectivity index (χ1v) is 5.95. The van der Waals surface area contributed by atoms with Gasteiger partial charge in [0.15, 0.2) is 0 Å². The highest BCUT2D eigenvalue weighted by molar-refractivity contribution is 9.10. The Bertz CT molecular complexity index is 410. The number of carbonyl (C=O) groups is 1. The molecule has 94 valence electrons. The van der Waals surface area contributed by atoms with Crippen LogP contribution in [0.2, 0.25) is 0 Å². The van der Waals surface area contributed by atoms with Crippen LogP contribution < -0.4 is 10.6 Å². The highest BCUT2D eigenvalue weighted by atomic mass is 79.9.